The number of hydrogen-bond acceptors (Lipinski definition) is 6. The van der Waals surface area contributed by atoms with Crippen LogP contribution in [0, 0.1) is 12.3 Å². The molecule has 6 heteroatoms. The predicted octanol–water partition coefficient (Wildman–Crippen LogP) is 4.50. The Morgan fingerprint density at radius 2 is 1.50 bits per heavy atom. The van der Waals surface area contributed by atoms with E-state index in [1.54, 1.807) is 32.0 Å². The van der Waals surface area contributed by atoms with Crippen LogP contribution in [-0.4, -0.2) is 35.9 Å². The van der Waals surface area contributed by atoms with Crippen LogP contribution < -0.4 is 0 Å². The van der Waals surface area contributed by atoms with Crippen molar-refractivity contribution in [2.24, 2.45) is 5.41 Å². The number of hydrogen-bond donors (Lipinski definition) is 0. The fourth-order valence-corrected chi connectivity index (χ4v) is 4.38. The molecule has 0 radical (unpaired) electrons. The molecule has 0 saturated heterocycles. The van der Waals surface area contributed by atoms with Crippen LogP contribution in [0.4, 0.5) is 0 Å². The van der Waals surface area contributed by atoms with Crippen LogP contribution in [0.2, 0.25) is 0 Å². The van der Waals surface area contributed by atoms with Gasteiger partial charge in [-0.25, -0.2) is 4.98 Å². The van der Waals surface area contributed by atoms with Crippen molar-refractivity contribution >= 4 is 17.7 Å². The highest BCUT2D eigenvalue weighted by Crippen LogP contribution is 2.43. The van der Waals surface area contributed by atoms with E-state index >= 15 is 0 Å². The molecule has 0 spiro atoms. The van der Waals surface area contributed by atoms with Crippen LogP contribution in [0.1, 0.15) is 46.6 Å². The average Bonchev–Trinajstić information content (AvgIpc) is 3.25. The van der Waals surface area contributed by atoms with Crippen molar-refractivity contribution in [2.45, 2.75) is 33.6 Å². The lowest BCUT2D eigenvalue weighted by Crippen LogP contribution is -2.43. The number of carbonyl (C=O) groups excluding carboxylic acids is 3. The zero-order valence-corrected chi connectivity index (χ0v) is 19.6. The minimum atomic E-state index is -1.49. The summed E-state index contributed by atoms with van der Waals surface area (Å²) >= 11 is 0. The van der Waals surface area contributed by atoms with E-state index in [1.165, 1.54) is 0 Å². The Balaban J connectivity index is 1.86. The molecule has 0 atom stereocenters. The second kappa shape index (κ2) is 9.59. The molecule has 1 heterocycles. The van der Waals surface area contributed by atoms with E-state index in [-0.39, 0.29) is 37.5 Å². The van der Waals surface area contributed by atoms with E-state index < -0.39 is 17.4 Å². The highest BCUT2D eigenvalue weighted by Gasteiger charge is 2.54. The van der Waals surface area contributed by atoms with Gasteiger partial charge in [0.2, 0.25) is 5.78 Å². The van der Waals surface area contributed by atoms with Crippen LogP contribution in [0.25, 0.3) is 11.3 Å². The van der Waals surface area contributed by atoms with Crippen molar-refractivity contribution in [2.75, 3.05) is 13.2 Å². The largest absolute Gasteiger partial charge is 0.465 e. The first kappa shape index (κ1) is 23.4. The second-order valence-corrected chi connectivity index (χ2v) is 8.43. The molecule has 0 amide bonds. The number of ketones is 1. The van der Waals surface area contributed by atoms with E-state index in [0.717, 1.165) is 22.3 Å². The minimum absolute atomic E-state index is 0.0938. The van der Waals surface area contributed by atoms with Gasteiger partial charge in [0.25, 0.3) is 0 Å². The lowest BCUT2D eigenvalue weighted by Gasteiger charge is -2.24. The topological polar surface area (TPSA) is 82.6 Å². The summed E-state index contributed by atoms with van der Waals surface area (Å²) in [5, 5.41) is 0. The highest BCUT2D eigenvalue weighted by molar-refractivity contribution is 6.08. The van der Waals surface area contributed by atoms with Gasteiger partial charge >= 0.3 is 11.9 Å². The molecule has 34 heavy (non-hydrogen) atoms. The van der Waals surface area contributed by atoms with Crippen LogP contribution >= 0.6 is 0 Å². The number of ether oxygens (including phenoxy) is 2. The van der Waals surface area contributed by atoms with Crippen LogP contribution in [0.5, 0.6) is 0 Å². The second-order valence-electron chi connectivity index (χ2n) is 8.43. The summed E-state index contributed by atoms with van der Waals surface area (Å²) in [7, 11) is 0. The van der Waals surface area contributed by atoms with E-state index in [4.69, 9.17) is 14.5 Å². The van der Waals surface area contributed by atoms with E-state index in [9.17, 15) is 14.4 Å². The smallest absolute Gasteiger partial charge is 0.324 e. The molecule has 174 valence electrons. The monoisotopic (exact) mass is 457 g/mol. The van der Waals surface area contributed by atoms with Crippen molar-refractivity contribution in [1.82, 2.24) is 4.98 Å². The Morgan fingerprint density at radius 1 is 0.882 bits per heavy atom. The van der Waals surface area contributed by atoms with Gasteiger partial charge in [-0.1, -0.05) is 60.2 Å². The molecule has 2 aromatic carbocycles. The number of pyridine rings is 1. The van der Waals surface area contributed by atoms with E-state index in [2.05, 4.69) is 0 Å². The number of nitrogens with zero attached hydrogens (tertiary/aromatic N) is 1. The minimum Gasteiger partial charge on any atom is -0.465 e. The van der Waals surface area contributed by atoms with Gasteiger partial charge in [0.1, 0.15) is 5.69 Å². The summed E-state index contributed by atoms with van der Waals surface area (Å²) in [6.07, 6.45) is 0.201. The molecular formula is C28H27NO5. The van der Waals surface area contributed by atoms with Crippen molar-refractivity contribution < 1.29 is 23.9 Å². The summed E-state index contributed by atoms with van der Waals surface area (Å²) < 4.78 is 10.6. The number of fused-ring (bicyclic) bond motifs is 1. The number of esters is 2. The van der Waals surface area contributed by atoms with Crippen LogP contribution in [-0.2, 0) is 31.9 Å². The first-order chi connectivity index (χ1) is 16.4. The Bertz CT molecular complexity index is 1210. The summed E-state index contributed by atoms with van der Waals surface area (Å²) in [5.41, 5.74) is 3.23. The number of aryl methyl sites for hydroxylation is 1. The van der Waals surface area contributed by atoms with E-state index in [1.807, 2.05) is 49.4 Å². The first-order valence-electron chi connectivity index (χ1n) is 11.4. The van der Waals surface area contributed by atoms with Crippen LogP contribution in [0.3, 0.4) is 0 Å². The number of aromatic nitrogens is 1. The Morgan fingerprint density at radius 3 is 2.09 bits per heavy atom. The lowest BCUT2D eigenvalue weighted by atomic mass is 9.84. The van der Waals surface area contributed by atoms with Crippen molar-refractivity contribution in [1.29, 1.82) is 0 Å². The summed E-state index contributed by atoms with van der Waals surface area (Å²) in [6.45, 7) is 5.66. The Hall–Kier alpha value is -3.80. The van der Waals surface area contributed by atoms with Crippen molar-refractivity contribution in [3.8, 4) is 11.3 Å². The van der Waals surface area contributed by atoms with Crippen LogP contribution in [0.15, 0.2) is 60.7 Å². The SMILES string of the molecule is CCOC(=O)C1(C(=O)OCC)Cc2cc(C(=O)c3ccc(C)cc3)nc(-c3ccccc3)c2C1. The molecule has 0 aliphatic heterocycles. The fraction of sp³-hybridized carbons (Fsp3) is 0.286. The fourth-order valence-electron chi connectivity index (χ4n) is 4.38. The molecule has 0 unspecified atom stereocenters. The summed E-state index contributed by atoms with van der Waals surface area (Å²) in [4.78, 5) is 44.2. The van der Waals surface area contributed by atoms with Crippen molar-refractivity contribution in [3.05, 3.63) is 88.6 Å². The molecule has 1 aliphatic carbocycles. The van der Waals surface area contributed by atoms with E-state index in [0.29, 0.717) is 11.3 Å². The molecule has 0 saturated carbocycles. The molecule has 0 bridgehead atoms. The molecule has 4 rings (SSSR count). The predicted molar refractivity (Wildman–Crippen MR) is 127 cm³/mol. The van der Waals surface area contributed by atoms with Crippen molar-refractivity contribution in [3.63, 3.8) is 0 Å². The van der Waals surface area contributed by atoms with Gasteiger partial charge in [-0.2, -0.15) is 0 Å². The third-order valence-corrected chi connectivity index (χ3v) is 6.11. The zero-order chi connectivity index (χ0) is 24.3. The molecule has 3 aromatic rings. The maximum Gasteiger partial charge on any atom is 0.324 e. The molecule has 0 N–H and O–H groups in total. The third-order valence-electron chi connectivity index (χ3n) is 6.11. The molecule has 1 aliphatic rings. The van der Waals surface area contributed by atoms with Gasteiger partial charge in [-0.05, 0) is 44.4 Å². The maximum atomic E-state index is 13.3. The Kier molecular flexibility index (Phi) is 6.59. The van der Waals surface area contributed by atoms with Gasteiger partial charge < -0.3 is 9.47 Å². The average molecular weight is 458 g/mol. The van der Waals surface area contributed by atoms with Gasteiger partial charge in [-0.3, -0.25) is 14.4 Å². The molecular weight excluding hydrogens is 430 g/mol. The molecule has 6 nitrogen and oxygen atoms in total. The Labute approximate surface area is 198 Å². The van der Waals surface area contributed by atoms with Gasteiger partial charge in [0, 0.05) is 17.5 Å². The highest BCUT2D eigenvalue weighted by atomic mass is 16.6. The zero-order valence-electron chi connectivity index (χ0n) is 19.6. The van der Waals surface area contributed by atoms with Gasteiger partial charge in [0.15, 0.2) is 5.41 Å². The van der Waals surface area contributed by atoms with Gasteiger partial charge in [-0.15, -0.1) is 0 Å². The standard InChI is InChI=1S/C28H27NO5/c1-4-33-26(31)28(27(32)34-5-2)16-21-15-23(25(30)20-13-11-18(3)12-14-20)29-24(22(21)17-28)19-9-7-6-8-10-19/h6-15H,4-5,16-17H2,1-3H3. The normalized spacial score (nSPS) is 13.7. The summed E-state index contributed by atoms with van der Waals surface area (Å²) in [5.74, 6) is -1.45. The number of benzene rings is 2. The number of carbonyl (C=O) groups is 3. The number of rotatable bonds is 7. The maximum absolute atomic E-state index is 13.3. The molecule has 0 fully saturated rings. The quantitative estimate of drug-likeness (QED) is 0.295. The molecule has 1 aromatic heterocycles. The first-order valence-corrected chi connectivity index (χ1v) is 11.4. The lowest BCUT2D eigenvalue weighted by molar-refractivity contribution is -0.171. The van der Waals surface area contributed by atoms with Gasteiger partial charge in [0.05, 0.1) is 18.9 Å². The third kappa shape index (κ3) is 4.23. The summed E-state index contributed by atoms with van der Waals surface area (Å²) in [6, 6.07) is 18.5.